The van der Waals surface area contributed by atoms with E-state index in [4.69, 9.17) is 0 Å². The van der Waals surface area contributed by atoms with Crippen LogP contribution in [0.5, 0.6) is 0 Å². The molecule has 0 spiro atoms. The number of carbonyl (C=O) groups excluding carboxylic acids is 1. The number of hydrogen-bond acceptors (Lipinski definition) is 2. The molecule has 0 aromatic heterocycles. The first-order valence-corrected chi connectivity index (χ1v) is 8.35. The average molecular weight is 368 g/mol. The first-order chi connectivity index (χ1) is 10.3. The maximum absolute atomic E-state index is 12.7. The Morgan fingerprint density at radius 1 is 1.23 bits per heavy atom. The van der Waals surface area contributed by atoms with E-state index in [-0.39, 0.29) is 17.7 Å². The van der Waals surface area contributed by atoms with Gasteiger partial charge in [-0.05, 0) is 37.0 Å². The van der Waals surface area contributed by atoms with Crippen molar-refractivity contribution in [1.82, 2.24) is 4.90 Å². The van der Waals surface area contributed by atoms with Gasteiger partial charge in [0.1, 0.15) is 0 Å². The number of halogens is 1. The van der Waals surface area contributed by atoms with Crippen LogP contribution in [0.4, 0.5) is 0 Å². The van der Waals surface area contributed by atoms with Crippen LogP contribution in [-0.2, 0) is 9.59 Å². The molecule has 1 aliphatic rings. The minimum atomic E-state index is -0.810. The van der Waals surface area contributed by atoms with Crippen LogP contribution >= 0.6 is 15.9 Å². The zero-order valence-corrected chi connectivity index (χ0v) is 14.8. The number of hydrogen-bond donors (Lipinski definition) is 1. The largest absolute Gasteiger partial charge is 0.481 e. The summed E-state index contributed by atoms with van der Waals surface area (Å²) in [6.07, 6.45) is 0.527. The molecule has 0 aliphatic carbocycles. The molecular formula is C17H22BrNO3. The van der Waals surface area contributed by atoms with E-state index in [1.807, 2.05) is 45.0 Å². The number of carboxylic acid groups (broad SMARTS) is 1. The van der Waals surface area contributed by atoms with Gasteiger partial charge in [-0.1, -0.05) is 41.9 Å². The Hall–Kier alpha value is -1.36. The molecule has 1 fully saturated rings. The van der Waals surface area contributed by atoms with Gasteiger partial charge in [-0.2, -0.15) is 0 Å². The number of likely N-dealkylation sites (tertiary alicyclic amines) is 1. The van der Waals surface area contributed by atoms with Crippen molar-refractivity contribution in [1.29, 1.82) is 0 Å². The van der Waals surface area contributed by atoms with E-state index in [1.165, 1.54) is 0 Å². The Morgan fingerprint density at radius 2 is 1.82 bits per heavy atom. The lowest BCUT2D eigenvalue weighted by Gasteiger charge is -2.29. The lowest BCUT2D eigenvalue weighted by Crippen LogP contribution is -2.41. The molecule has 1 amide bonds. The van der Waals surface area contributed by atoms with Crippen LogP contribution in [0.15, 0.2) is 28.7 Å². The highest BCUT2D eigenvalue weighted by atomic mass is 79.9. The van der Waals surface area contributed by atoms with Crippen LogP contribution in [0.3, 0.4) is 0 Å². The summed E-state index contributed by atoms with van der Waals surface area (Å²) in [5.74, 6) is -1.05. The number of aliphatic carboxylic acids is 1. The van der Waals surface area contributed by atoms with Crippen molar-refractivity contribution in [2.24, 2.45) is 11.3 Å². The predicted octanol–water partition coefficient (Wildman–Crippen LogP) is 3.51. The van der Waals surface area contributed by atoms with E-state index in [9.17, 15) is 14.7 Å². The van der Waals surface area contributed by atoms with Gasteiger partial charge in [-0.25, -0.2) is 0 Å². The second-order valence-electron chi connectivity index (χ2n) is 6.40. The van der Waals surface area contributed by atoms with Crippen LogP contribution in [0, 0.1) is 11.3 Å². The Labute approximate surface area is 139 Å². The first-order valence-electron chi connectivity index (χ1n) is 7.55. The molecule has 120 valence electrons. The summed E-state index contributed by atoms with van der Waals surface area (Å²) >= 11 is 3.38. The Balaban J connectivity index is 2.14. The van der Waals surface area contributed by atoms with Crippen molar-refractivity contribution in [2.75, 3.05) is 13.1 Å². The summed E-state index contributed by atoms with van der Waals surface area (Å²) in [7, 11) is 0. The summed E-state index contributed by atoms with van der Waals surface area (Å²) in [5.41, 5.74) is 0.139. The molecule has 4 nitrogen and oxygen atoms in total. The number of rotatable bonds is 4. The number of carbonyl (C=O) groups is 2. The third-order valence-corrected chi connectivity index (χ3v) is 5.41. The zero-order chi connectivity index (χ0) is 16.5. The fourth-order valence-corrected chi connectivity index (χ4v) is 3.35. The van der Waals surface area contributed by atoms with Crippen molar-refractivity contribution < 1.29 is 14.7 Å². The first kappa shape index (κ1) is 17.0. The van der Waals surface area contributed by atoms with E-state index in [0.29, 0.717) is 19.5 Å². The van der Waals surface area contributed by atoms with Crippen molar-refractivity contribution in [2.45, 2.75) is 33.1 Å². The second-order valence-corrected chi connectivity index (χ2v) is 7.31. The third kappa shape index (κ3) is 3.05. The SMILES string of the molecule is CC(C(=O)N1CCC(C(=O)O)(C(C)C)C1)c1ccc(Br)cc1. The lowest BCUT2D eigenvalue weighted by atomic mass is 9.76. The molecule has 0 bridgehead atoms. The maximum Gasteiger partial charge on any atom is 0.311 e. The minimum Gasteiger partial charge on any atom is -0.481 e. The molecule has 1 saturated heterocycles. The third-order valence-electron chi connectivity index (χ3n) is 4.88. The summed E-state index contributed by atoms with van der Waals surface area (Å²) in [4.78, 5) is 26.1. The molecule has 0 saturated carbocycles. The summed E-state index contributed by atoms with van der Waals surface area (Å²) in [5, 5.41) is 9.58. The number of carboxylic acids is 1. The van der Waals surface area contributed by atoms with Gasteiger partial charge in [-0.3, -0.25) is 9.59 Å². The van der Waals surface area contributed by atoms with Gasteiger partial charge in [0, 0.05) is 17.6 Å². The maximum atomic E-state index is 12.7. The van der Waals surface area contributed by atoms with Crippen molar-refractivity contribution >= 4 is 27.8 Å². The van der Waals surface area contributed by atoms with E-state index < -0.39 is 11.4 Å². The number of benzene rings is 1. The van der Waals surface area contributed by atoms with Crippen LogP contribution < -0.4 is 0 Å². The quantitative estimate of drug-likeness (QED) is 0.885. The van der Waals surface area contributed by atoms with E-state index in [1.54, 1.807) is 4.90 Å². The molecular weight excluding hydrogens is 346 g/mol. The molecule has 2 rings (SSSR count). The molecule has 1 aliphatic heterocycles. The van der Waals surface area contributed by atoms with E-state index in [0.717, 1.165) is 10.0 Å². The van der Waals surface area contributed by atoms with Gasteiger partial charge in [0.25, 0.3) is 0 Å². The van der Waals surface area contributed by atoms with E-state index in [2.05, 4.69) is 15.9 Å². The predicted molar refractivity (Wildman–Crippen MR) is 88.7 cm³/mol. The summed E-state index contributed by atoms with van der Waals surface area (Å²) < 4.78 is 0.974. The van der Waals surface area contributed by atoms with Gasteiger partial charge in [0.15, 0.2) is 0 Å². The van der Waals surface area contributed by atoms with Gasteiger partial charge < -0.3 is 10.0 Å². The summed E-state index contributed by atoms with van der Waals surface area (Å²) in [6, 6.07) is 7.68. The molecule has 1 aromatic carbocycles. The van der Waals surface area contributed by atoms with Crippen LogP contribution in [0.2, 0.25) is 0 Å². The molecule has 0 radical (unpaired) electrons. The van der Waals surface area contributed by atoms with Crippen LogP contribution in [0.1, 0.15) is 38.7 Å². The molecule has 5 heteroatoms. The van der Waals surface area contributed by atoms with Crippen LogP contribution in [0.25, 0.3) is 0 Å². The van der Waals surface area contributed by atoms with Gasteiger partial charge in [0.2, 0.25) is 5.91 Å². The Bertz CT molecular complexity index is 570. The molecule has 1 N–H and O–H groups in total. The highest BCUT2D eigenvalue weighted by molar-refractivity contribution is 9.10. The molecule has 2 atom stereocenters. The average Bonchev–Trinajstić information content (AvgIpc) is 2.93. The molecule has 1 heterocycles. The fourth-order valence-electron chi connectivity index (χ4n) is 3.08. The van der Waals surface area contributed by atoms with Gasteiger partial charge >= 0.3 is 5.97 Å². The highest BCUT2D eigenvalue weighted by Gasteiger charge is 2.48. The van der Waals surface area contributed by atoms with Gasteiger partial charge in [0.05, 0.1) is 11.3 Å². The monoisotopic (exact) mass is 367 g/mol. The Morgan fingerprint density at radius 3 is 2.27 bits per heavy atom. The standard InChI is InChI=1S/C17H22BrNO3/c1-11(2)17(16(21)22)8-9-19(10-17)15(20)12(3)13-4-6-14(18)7-5-13/h4-7,11-12H,8-10H2,1-3H3,(H,21,22). The highest BCUT2D eigenvalue weighted by Crippen LogP contribution is 2.39. The van der Waals surface area contributed by atoms with E-state index >= 15 is 0 Å². The zero-order valence-electron chi connectivity index (χ0n) is 13.2. The number of amides is 1. The minimum absolute atomic E-state index is 0.00536. The van der Waals surface area contributed by atoms with Crippen LogP contribution in [-0.4, -0.2) is 35.0 Å². The Kier molecular flexibility index (Phi) is 4.95. The summed E-state index contributed by atoms with van der Waals surface area (Å²) in [6.45, 7) is 6.53. The van der Waals surface area contributed by atoms with Gasteiger partial charge in [-0.15, -0.1) is 0 Å². The van der Waals surface area contributed by atoms with Crippen molar-refractivity contribution in [3.8, 4) is 0 Å². The molecule has 1 aromatic rings. The smallest absolute Gasteiger partial charge is 0.311 e. The molecule has 22 heavy (non-hydrogen) atoms. The molecule has 2 unspecified atom stereocenters. The topological polar surface area (TPSA) is 57.6 Å². The van der Waals surface area contributed by atoms with Crippen molar-refractivity contribution in [3.63, 3.8) is 0 Å². The lowest BCUT2D eigenvalue weighted by molar-refractivity contribution is -0.151. The normalized spacial score (nSPS) is 22.9. The number of nitrogens with zero attached hydrogens (tertiary/aromatic N) is 1. The second kappa shape index (κ2) is 6.41. The van der Waals surface area contributed by atoms with Crippen molar-refractivity contribution in [3.05, 3.63) is 34.3 Å². The fraction of sp³-hybridized carbons (Fsp3) is 0.529.